The van der Waals surface area contributed by atoms with Gasteiger partial charge in [0.2, 0.25) is 0 Å². The van der Waals surface area contributed by atoms with Gasteiger partial charge in [-0.1, -0.05) is 76.1 Å². The van der Waals surface area contributed by atoms with E-state index in [-0.39, 0.29) is 0 Å². The molecule has 0 heterocycles. The molecule has 0 aromatic heterocycles. The topological polar surface area (TPSA) is 0 Å². The van der Waals surface area contributed by atoms with Crippen molar-refractivity contribution in [3.63, 3.8) is 0 Å². The summed E-state index contributed by atoms with van der Waals surface area (Å²) in [5.41, 5.74) is 1.44. The minimum absolute atomic E-state index is 1.36. The van der Waals surface area contributed by atoms with Gasteiger partial charge in [-0.3, -0.25) is 0 Å². The molecule has 0 amide bonds. The van der Waals surface area contributed by atoms with E-state index in [1.807, 2.05) is 0 Å². The van der Waals surface area contributed by atoms with Crippen LogP contribution in [-0.4, -0.2) is 6.16 Å². The maximum Gasteiger partial charge on any atom is -0.0106 e. The van der Waals surface area contributed by atoms with Crippen LogP contribution in [0.4, 0.5) is 0 Å². The van der Waals surface area contributed by atoms with Crippen LogP contribution in [0.3, 0.4) is 0 Å². The van der Waals surface area contributed by atoms with Gasteiger partial charge in [0, 0.05) is 0 Å². The monoisotopic (exact) mass is 294 g/mol. The molecule has 0 aliphatic carbocycles. The van der Waals surface area contributed by atoms with E-state index in [0.717, 1.165) is 0 Å². The quantitative estimate of drug-likeness (QED) is 0.320. The lowest BCUT2D eigenvalue weighted by molar-refractivity contribution is 0.586. The number of benzene rings is 1. The molecule has 0 saturated carbocycles. The fourth-order valence-corrected chi connectivity index (χ4v) is 4.98. The first-order valence-corrected chi connectivity index (χ1v) is 10.5. The van der Waals surface area contributed by atoms with E-state index < -0.39 is 0 Å². The molecule has 0 aliphatic heterocycles. The normalized spacial score (nSPS) is 12.1. The Hall–Kier alpha value is 0.0800. The van der Waals surface area contributed by atoms with Crippen LogP contribution in [0.2, 0.25) is 0 Å². The Balaban J connectivity index is 1.90. The van der Waals surface area contributed by atoms with Crippen molar-refractivity contribution in [1.82, 2.24) is 0 Å². The standard InChI is InChI=1S/C17H28P2/c1-3-4-5-6-7-8-9-12-15-18-19-17-14-11-10-13-16(17)2/h10-11,13-14H,3-9,12,15H2,1-2H3. The molecule has 1 rings (SSSR count). The number of aryl methyl sites for hydroxylation is 1. The molecule has 0 saturated heterocycles. The smallest absolute Gasteiger partial charge is 0.0106 e. The van der Waals surface area contributed by atoms with Crippen LogP contribution in [0, 0.1) is 6.92 Å². The summed E-state index contributed by atoms with van der Waals surface area (Å²) in [5.74, 6) is 0. The SMILES string of the molecule is CCCCCCCCCC[P][P]c1ccccc1C. The van der Waals surface area contributed by atoms with Crippen molar-refractivity contribution < 1.29 is 0 Å². The van der Waals surface area contributed by atoms with Gasteiger partial charge in [-0.25, -0.2) is 0 Å². The zero-order chi connectivity index (χ0) is 13.8. The molecule has 19 heavy (non-hydrogen) atoms. The summed E-state index contributed by atoms with van der Waals surface area (Å²) in [5, 5.41) is 1.50. The van der Waals surface area contributed by atoms with Gasteiger partial charge in [-0.2, -0.15) is 0 Å². The van der Waals surface area contributed by atoms with Crippen molar-refractivity contribution in [3.8, 4) is 0 Å². The summed E-state index contributed by atoms with van der Waals surface area (Å²) < 4.78 is 0. The highest BCUT2D eigenvalue weighted by atomic mass is 32.0. The molecule has 0 fully saturated rings. The van der Waals surface area contributed by atoms with E-state index in [2.05, 4.69) is 38.1 Å². The molecule has 0 atom stereocenters. The lowest BCUT2D eigenvalue weighted by Crippen LogP contribution is -1.96. The first kappa shape index (κ1) is 17.1. The van der Waals surface area contributed by atoms with Crippen molar-refractivity contribution in [1.29, 1.82) is 0 Å². The van der Waals surface area contributed by atoms with Crippen molar-refractivity contribution in [2.75, 3.05) is 6.16 Å². The molecule has 0 nitrogen and oxygen atoms in total. The van der Waals surface area contributed by atoms with E-state index in [0.29, 0.717) is 0 Å². The summed E-state index contributed by atoms with van der Waals surface area (Å²) in [4.78, 5) is 0. The third-order valence-electron chi connectivity index (χ3n) is 3.41. The van der Waals surface area contributed by atoms with Gasteiger partial charge in [0.15, 0.2) is 0 Å². The van der Waals surface area contributed by atoms with Gasteiger partial charge < -0.3 is 0 Å². The first-order chi connectivity index (χ1) is 9.34. The average molecular weight is 294 g/mol. The Morgan fingerprint density at radius 2 is 1.47 bits per heavy atom. The fraction of sp³-hybridized carbons (Fsp3) is 0.647. The van der Waals surface area contributed by atoms with Gasteiger partial charge >= 0.3 is 0 Å². The van der Waals surface area contributed by atoms with Gasteiger partial charge in [0.1, 0.15) is 0 Å². The largest absolute Gasteiger partial charge is 0.0654 e. The lowest BCUT2D eigenvalue weighted by Gasteiger charge is -2.04. The minimum Gasteiger partial charge on any atom is -0.0654 e. The first-order valence-electron chi connectivity index (χ1n) is 7.77. The maximum absolute atomic E-state index is 2.28. The Kier molecular flexibility index (Phi) is 10.7. The van der Waals surface area contributed by atoms with Crippen LogP contribution in [-0.2, 0) is 0 Å². The molecule has 106 valence electrons. The number of unbranched alkanes of at least 4 members (excludes halogenated alkanes) is 7. The zero-order valence-corrected chi connectivity index (χ0v) is 14.4. The molecule has 0 spiro atoms. The second-order valence-electron chi connectivity index (χ2n) is 5.23. The highest BCUT2D eigenvalue weighted by Crippen LogP contribution is 2.37. The maximum atomic E-state index is 2.28. The number of hydrogen-bond donors (Lipinski definition) is 0. The van der Waals surface area contributed by atoms with E-state index in [1.165, 1.54) is 76.7 Å². The van der Waals surface area contributed by atoms with E-state index in [1.54, 1.807) is 8.27 Å². The van der Waals surface area contributed by atoms with Crippen molar-refractivity contribution in [3.05, 3.63) is 29.8 Å². The van der Waals surface area contributed by atoms with Gasteiger partial charge in [-0.15, -0.1) is 0 Å². The molecular weight excluding hydrogens is 266 g/mol. The summed E-state index contributed by atoms with van der Waals surface area (Å²) in [6.07, 6.45) is 12.8. The predicted molar refractivity (Wildman–Crippen MR) is 92.1 cm³/mol. The highest BCUT2D eigenvalue weighted by molar-refractivity contribution is 8.15. The minimum atomic E-state index is 1.36. The summed E-state index contributed by atoms with van der Waals surface area (Å²) in [6.45, 7) is 4.50. The zero-order valence-electron chi connectivity index (χ0n) is 12.6. The molecule has 0 aliphatic rings. The summed E-state index contributed by atoms with van der Waals surface area (Å²) in [6, 6.07) is 8.76. The van der Waals surface area contributed by atoms with Crippen LogP contribution in [0.15, 0.2) is 24.3 Å². The molecule has 0 N–H and O–H groups in total. The van der Waals surface area contributed by atoms with E-state index in [4.69, 9.17) is 0 Å². The summed E-state index contributed by atoms with van der Waals surface area (Å²) in [7, 11) is 3.07. The van der Waals surface area contributed by atoms with Crippen molar-refractivity contribution in [2.24, 2.45) is 0 Å². The predicted octanol–water partition coefficient (Wildman–Crippen LogP) is 6.57. The molecule has 1 aromatic rings. The van der Waals surface area contributed by atoms with Crippen LogP contribution in [0.5, 0.6) is 0 Å². The van der Waals surface area contributed by atoms with Crippen LogP contribution >= 0.6 is 16.5 Å². The van der Waals surface area contributed by atoms with Crippen molar-refractivity contribution >= 4 is 21.8 Å². The van der Waals surface area contributed by atoms with Crippen LogP contribution in [0.1, 0.15) is 63.9 Å². The van der Waals surface area contributed by atoms with Gasteiger partial charge in [-0.05, 0) is 46.9 Å². The Bertz CT molecular complexity index is 323. The van der Waals surface area contributed by atoms with Crippen LogP contribution in [0.25, 0.3) is 0 Å². The third kappa shape index (κ3) is 8.78. The molecule has 0 bridgehead atoms. The number of hydrogen-bond acceptors (Lipinski definition) is 0. The van der Waals surface area contributed by atoms with E-state index >= 15 is 0 Å². The Morgan fingerprint density at radius 3 is 2.16 bits per heavy atom. The molecule has 1 aromatic carbocycles. The van der Waals surface area contributed by atoms with E-state index in [9.17, 15) is 0 Å². The van der Waals surface area contributed by atoms with Gasteiger partial charge in [0.05, 0.1) is 0 Å². The van der Waals surface area contributed by atoms with Crippen LogP contribution < -0.4 is 5.30 Å². The fourth-order valence-electron chi connectivity index (χ4n) is 2.12. The summed E-state index contributed by atoms with van der Waals surface area (Å²) >= 11 is 0. The molecule has 2 radical (unpaired) electrons. The number of rotatable bonds is 11. The lowest BCUT2D eigenvalue weighted by atomic mass is 10.1. The Morgan fingerprint density at radius 1 is 0.842 bits per heavy atom. The van der Waals surface area contributed by atoms with Gasteiger partial charge in [0.25, 0.3) is 0 Å². The molecule has 0 unspecified atom stereocenters. The molecular formula is C17H28P2. The average Bonchev–Trinajstić information content (AvgIpc) is 2.43. The van der Waals surface area contributed by atoms with Crippen molar-refractivity contribution in [2.45, 2.75) is 65.2 Å². The third-order valence-corrected chi connectivity index (χ3v) is 6.45. The highest BCUT2D eigenvalue weighted by Gasteiger charge is 1.98. The second kappa shape index (κ2) is 11.9. The molecule has 2 heteroatoms. The Labute approximate surface area is 123 Å². The second-order valence-corrected chi connectivity index (χ2v) is 8.09.